The lowest BCUT2D eigenvalue weighted by Gasteiger charge is -2.29. The maximum atomic E-state index is 6.61. The van der Waals surface area contributed by atoms with Gasteiger partial charge in [-0.3, -0.25) is 4.40 Å². The summed E-state index contributed by atoms with van der Waals surface area (Å²) in [5.41, 5.74) is 0.849. The van der Waals surface area contributed by atoms with E-state index >= 15 is 0 Å². The maximum absolute atomic E-state index is 6.61. The van der Waals surface area contributed by atoms with E-state index in [9.17, 15) is 0 Å². The monoisotopic (exact) mass is 431 g/mol. The molecule has 8 heteroatoms. The molecule has 7 nitrogen and oxygen atoms in total. The van der Waals surface area contributed by atoms with E-state index in [1.807, 2.05) is 28.8 Å². The Morgan fingerprint density at radius 1 is 1.07 bits per heavy atom. The van der Waals surface area contributed by atoms with Crippen molar-refractivity contribution in [2.24, 2.45) is 0 Å². The topological polar surface area (TPSA) is 55.1 Å². The number of nitrogens with zero attached hydrogens (tertiary/aromatic N) is 5. The molecule has 162 valence electrons. The molecule has 0 spiro atoms. The summed E-state index contributed by atoms with van der Waals surface area (Å²) in [6.07, 6.45) is 5.86. The van der Waals surface area contributed by atoms with Crippen molar-refractivity contribution >= 4 is 34.7 Å². The highest BCUT2D eigenvalue weighted by atomic mass is 35.5. The first-order valence-corrected chi connectivity index (χ1v) is 10.7. The maximum Gasteiger partial charge on any atom is 0.237 e. The number of ether oxygens (including phenoxy) is 2. The number of hydrogen-bond acceptors (Lipinski definition) is 6. The third-order valence-electron chi connectivity index (χ3n) is 4.89. The molecule has 0 N–H and O–H groups in total. The van der Waals surface area contributed by atoms with Gasteiger partial charge in [-0.15, -0.1) is 0 Å². The molecule has 0 amide bonds. The Hall–Kier alpha value is -2.51. The molecule has 2 aromatic heterocycles. The van der Waals surface area contributed by atoms with E-state index in [1.54, 1.807) is 20.4 Å². The van der Waals surface area contributed by atoms with Crippen molar-refractivity contribution in [3.8, 4) is 5.75 Å². The average molecular weight is 432 g/mol. The van der Waals surface area contributed by atoms with Gasteiger partial charge < -0.3 is 19.3 Å². The van der Waals surface area contributed by atoms with Crippen LogP contribution in [0.25, 0.3) is 5.78 Å². The number of aromatic nitrogens is 3. The van der Waals surface area contributed by atoms with Crippen molar-refractivity contribution in [2.75, 3.05) is 50.3 Å². The first-order chi connectivity index (χ1) is 14.6. The van der Waals surface area contributed by atoms with Crippen LogP contribution in [-0.4, -0.2) is 54.8 Å². The number of rotatable bonds is 11. The molecule has 0 aliphatic rings. The molecule has 2 heterocycles. The number of methoxy groups -OCH3 is 2. The Morgan fingerprint density at radius 3 is 2.47 bits per heavy atom. The third kappa shape index (κ3) is 4.79. The minimum absolute atomic E-state index is 0.534. The smallest absolute Gasteiger partial charge is 0.237 e. The molecule has 0 fully saturated rings. The zero-order valence-electron chi connectivity index (χ0n) is 18.1. The quantitative estimate of drug-likeness (QED) is 0.434. The van der Waals surface area contributed by atoms with Gasteiger partial charge in [0.05, 0.1) is 24.4 Å². The first-order valence-electron chi connectivity index (χ1n) is 10.3. The largest absolute Gasteiger partial charge is 0.497 e. The van der Waals surface area contributed by atoms with Crippen molar-refractivity contribution in [3.63, 3.8) is 0 Å². The van der Waals surface area contributed by atoms with Gasteiger partial charge >= 0.3 is 0 Å². The molecular weight excluding hydrogens is 402 g/mol. The first kappa shape index (κ1) is 22.2. The Bertz CT molecular complexity index is 956. The lowest BCUT2D eigenvalue weighted by atomic mass is 10.2. The molecule has 0 unspecified atom stereocenters. The van der Waals surface area contributed by atoms with Gasteiger partial charge in [0, 0.05) is 51.3 Å². The minimum Gasteiger partial charge on any atom is -0.497 e. The molecule has 0 atom stereocenters. The van der Waals surface area contributed by atoms with E-state index in [4.69, 9.17) is 26.1 Å². The number of imidazole rings is 1. The second-order valence-electron chi connectivity index (χ2n) is 7.02. The van der Waals surface area contributed by atoms with E-state index in [-0.39, 0.29) is 0 Å². The summed E-state index contributed by atoms with van der Waals surface area (Å²) in [4.78, 5) is 13.7. The fourth-order valence-corrected chi connectivity index (χ4v) is 3.79. The fourth-order valence-electron chi connectivity index (χ4n) is 3.51. The Balaban J connectivity index is 2.12. The summed E-state index contributed by atoms with van der Waals surface area (Å²) in [5, 5.41) is 0.594. The Morgan fingerprint density at radius 2 is 1.83 bits per heavy atom. The Labute approximate surface area is 183 Å². The molecule has 3 aromatic rings. The predicted molar refractivity (Wildman–Crippen MR) is 123 cm³/mol. The second kappa shape index (κ2) is 10.5. The number of hydrogen-bond donors (Lipinski definition) is 0. The summed E-state index contributed by atoms with van der Waals surface area (Å²) < 4.78 is 12.7. The SMILES string of the molecule is CCCN(CCC)c1cc(N(CCOC)c2ccc(OC)cc2Cl)nc2nccn12. The normalized spacial score (nSPS) is 11.1. The van der Waals surface area contributed by atoms with Gasteiger partial charge in [0.1, 0.15) is 17.4 Å². The Kier molecular flexibility index (Phi) is 7.76. The molecule has 0 aliphatic heterocycles. The number of benzene rings is 1. The van der Waals surface area contributed by atoms with Crippen LogP contribution in [0.2, 0.25) is 5.02 Å². The highest BCUT2D eigenvalue weighted by molar-refractivity contribution is 6.33. The minimum atomic E-state index is 0.534. The van der Waals surface area contributed by atoms with Crippen molar-refractivity contribution in [1.29, 1.82) is 0 Å². The van der Waals surface area contributed by atoms with Crippen LogP contribution in [0.5, 0.6) is 5.75 Å². The van der Waals surface area contributed by atoms with Crippen LogP contribution >= 0.6 is 11.6 Å². The number of halogens is 1. The van der Waals surface area contributed by atoms with E-state index in [0.717, 1.165) is 43.3 Å². The lowest BCUT2D eigenvalue weighted by molar-refractivity contribution is 0.207. The second-order valence-corrected chi connectivity index (χ2v) is 7.43. The molecule has 1 aromatic carbocycles. The summed E-state index contributed by atoms with van der Waals surface area (Å²) in [7, 11) is 3.32. The third-order valence-corrected chi connectivity index (χ3v) is 5.20. The van der Waals surface area contributed by atoms with Crippen LogP contribution in [0.3, 0.4) is 0 Å². The van der Waals surface area contributed by atoms with Gasteiger partial charge in [-0.1, -0.05) is 25.4 Å². The summed E-state index contributed by atoms with van der Waals surface area (Å²) in [5.74, 6) is 3.23. The average Bonchev–Trinajstić information content (AvgIpc) is 3.23. The van der Waals surface area contributed by atoms with Crippen molar-refractivity contribution in [1.82, 2.24) is 14.4 Å². The van der Waals surface area contributed by atoms with Crippen LogP contribution in [0, 0.1) is 0 Å². The molecular formula is C22H30ClN5O2. The van der Waals surface area contributed by atoms with Gasteiger partial charge in [0.2, 0.25) is 5.78 Å². The van der Waals surface area contributed by atoms with Crippen molar-refractivity contribution in [2.45, 2.75) is 26.7 Å². The van der Waals surface area contributed by atoms with Gasteiger partial charge in [0.15, 0.2) is 0 Å². The number of anilines is 3. The zero-order valence-corrected chi connectivity index (χ0v) is 18.9. The highest BCUT2D eigenvalue weighted by Crippen LogP contribution is 2.35. The molecule has 30 heavy (non-hydrogen) atoms. The van der Waals surface area contributed by atoms with Crippen LogP contribution in [0.4, 0.5) is 17.3 Å². The predicted octanol–water partition coefficient (Wildman–Crippen LogP) is 4.80. The molecule has 0 saturated carbocycles. The van der Waals surface area contributed by atoms with E-state index < -0.39 is 0 Å². The van der Waals surface area contributed by atoms with Crippen molar-refractivity contribution in [3.05, 3.63) is 41.7 Å². The van der Waals surface area contributed by atoms with Crippen LogP contribution in [0.15, 0.2) is 36.7 Å². The van der Waals surface area contributed by atoms with Gasteiger partial charge in [0.25, 0.3) is 0 Å². The van der Waals surface area contributed by atoms with Crippen LogP contribution in [-0.2, 0) is 4.74 Å². The van der Waals surface area contributed by atoms with Gasteiger partial charge in [-0.05, 0) is 25.0 Å². The van der Waals surface area contributed by atoms with E-state index in [0.29, 0.717) is 29.7 Å². The van der Waals surface area contributed by atoms with Gasteiger partial charge in [-0.2, -0.15) is 4.98 Å². The summed E-state index contributed by atoms with van der Waals surface area (Å²) in [6, 6.07) is 7.77. The molecule has 0 aliphatic carbocycles. The zero-order chi connectivity index (χ0) is 21.5. The molecule has 0 radical (unpaired) electrons. The fraction of sp³-hybridized carbons (Fsp3) is 0.455. The number of fused-ring (bicyclic) bond motifs is 1. The summed E-state index contributed by atoms with van der Waals surface area (Å²) in [6.45, 7) is 7.45. The van der Waals surface area contributed by atoms with Crippen LogP contribution < -0.4 is 14.5 Å². The van der Waals surface area contributed by atoms with E-state index in [1.165, 1.54) is 0 Å². The molecule has 3 rings (SSSR count). The van der Waals surface area contributed by atoms with Crippen LogP contribution in [0.1, 0.15) is 26.7 Å². The van der Waals surface area contributed by atoms with Gasteiger partial charge in [-0.25, -0.2) is 4.98 Å². The van der Waals surface area contributed by atoms with Crippen molar-refractivity contribution < 1.29 is 9.47 Å². The molecule has 0 saturated heterocycles. The summed E-state index contributed by atoms with van der Waals surface area (Å²) >= 11 is 6.61. The van der Waals surface area contributed by atoms with E-state index in [2.05, 4.69) is 34.7 Å². The standard InChI is InChI=1S/C22H30ClN5O2/c1-5-10-26(11-6-2)21-16-20(25-22-24-9-12-28(21)22)27(13-14-29-3)19-8-7-17(30-4)15-18(19)23/h7-9,12,15-16H,5-6,10-11,13-14H2,1-4H3. The lowest BCUT2D eigenvalue weighted by Crippen LogP contribution is -2.28. The highest BCUT2D eigenvalue weighted by Gasteiger charge is 2.19. The molecule has 0 bridgehead atoms.